The van der Waals surface area contributed by atoms with Gasteiger partial charge in [0, 0.05) is 0 Å². The van der Waals surface area contributed by atoms with Crippen LogP contribution in [-0.4, -0.2) is 35.2 Å². The van der Waals surface area contributed by atoms with Gasteiger partial charge in [-0.05, 0) is 19.4 Å². The molecule has 6 nitrogen and oxygen atoms in total. The lowest BCUT2D eigenvalue weighted by atomic mass is 10.1. The molecule has 0 aliphatic heterocycles. The monoisotopic (exact) mass is 192 g/mol. The van der Waals surface area contributed by atoms with E-state index in [0.29, 0.717) is 13.0 Å². The lowest BCUT2D eigenvalue weighted by Crippen LogP contribution is -2.29. The molecule has 0 heterocycles. The van der Waals surface area contributed by atoms with Crippen molar-refractivity contribution < 1.29 is 19.8 Å². The Bertz CT molecular complexity index is 140. The van der Waals surface area contributed by atoms with Crippen LogP contribution in [0, 0.1) is 0 Å². The van der Waals surface area contributed by atoms with Crippen molar-refractivity contribution in [1.82, 2.24) is 0 Å². The Balaban J connectivity index is 0. The molecule has 0 radical (unpaired) electrons. The van der Waals surface area contributed by atoms with E-state index in [4.69, 9.17) is 26.5 Å². The highest BCUT2D eigenvalue weighted by atomic mass is 16.4. The zero-order valence-corrected chi connectivity index (χ0v) is 7.35. The summed E-state index contributed by atoms with van der Waals surface area (Å²) in [5, 5.41) is 15.2. The summed E-state index contributed by atoms with van der Waals surface area (Å²) < 4.78 is 0. The van der Waals surface area contributed by atoms with E-state index in [2.05, 4.69) is 0 Å². The summed E-state index contributed by atoms with van der Waals surface area (Å²) in [5.74, 6) is -0.933. The first-order valence-electron chi connectivity index (χ1n) is 3.86. The molecule has 0 spiro atoms. The van der Waals surface area contributed by atoms with Crippen LogP contribution in [-0.2, 0) is 9.59 Å². The number of carbonyl (C=O) groups is 2. The number of aliphatic carboxylic acids is 1. The van der Waals surface area contributed by atoms with Crippen LogP contribution in [0.25, 0.3) is 0 Å². The van der Waals surface area contributed by atoms with E-state index in [9.17, 15) is 4.79 Å². The standard InChI is InChI=1S/C6H14N2O2.CH2O2/c7-4-2-1-3-5(8)6(9)10;2-1-3/h5H,1-4,7-8H2,(H,9,10);1H,(H,2,3). The number of hydrogen-bond donors (Lipinski definition) is 4. The summed E-state index contributed by atoms with van der Waals surface area (Å²) in [6.45, 7) is 0.354. The summed E-state index contributed by atoms with van der Waals surface area (Å²) in [4.78, 5) is 18.5. The average molecular weight is 192 g/mol. The molecule has 0 fully saturated rings. The topological polar surface area (TPSA) is 127 Å². The van der Waals surface area contributed by atoms with Crippen molar-refractivity contribution in [3.63, 3.8) is 0 Å². The van der Waals surface area contributed by atoms with Crippen molar-refractivity contribution in [2.45, 2.75) is 25.3 Å². The third kappa shape index (κ3) is 13.8. The third-order valence-corrected chi connectivity index (χ3v) is 1.29. The van der Waals surface area contributed by atoms with Crippen LogP contribution in [0.4, 0.5) is 0 Å². The number of hydrogen-bond acceptors (Lipinski definition) is 4. The van der Waals surface area contributed by atoms with Gasteiger partial charge in [-0.15, -0.1) is 0 Å². The second kappa shape index (κ2) is 10.9. The Hall–Kier alpha value is -1.14. The molecule has 0 bridgehead atoms. The molecule has 1 unspecified atom stereocenters. The van der Waals surface area contributed by atoms with Gasteiger partial charge in [-0.3, -0.25) is 9.59 Å². The van der Waals surface area contributed by atoms with Gasteiger partial charge in [0.25, 0.3) is 6.47 Å². The zero-order valence-electron chi connectivity index (χ0n) is 7.35. The van der Waals surface area contributed by atoms with Crippen LogP contribution in [0.5, 0.6) is 0 Å². The molecule has 0 rings (SSSR count). The minimum Gasteiger partial charge on any atom is -0.483 e. The Kier molecular flexibility index (Phi) is 12.0. The average Bonchev–Trinajstić information content (AvgIpc) is 2.06. The molecular formula is C7H16N2O4. The highest BCUT2D eigenvalue weighted by Gasteiger charge is 2.09. The van der Waals surface area contributed by atoms with Crippen LogP contribution in [0.1, 0.15) is 19.3 Å². The van der Waals surface area contributed by atoms with E-state index in [-0.39, 0.29) is 6.47 Å². The largest absolute Gasteiger partial charge is 0.483 e. The first-order chi connectivity index (χ1) is 6.09. The SMILES string of the molecule is NCCCCC(N)C(=O)O.O=CO. The molecule has 0 aliphatic rings. The maximum atomic E-state index is 10.1. The first kappa shape index (κ1) is 14.4. The van der Waals surface area contributed by atoms with Crippen LogP contribution in [0.15, 0.2) is 0 Å². The van der Waals surface area contributed by atoms with Crippen molar-refractivity contribution in [2.24, 2.45) is 11.5 Å². The second-order valence-electron chi connectivity index (χ2n) is 2.33. The molecular weight excluding hydrogens is 176 g/mol. The van der Waals surface area contributed by atoms with Gasteiger partial charge < -0.3 is 21.7 Å². The maximum Gasteiger partial charge on any atom is 0.320 e. The van der Waals surface area contributed by atoms with E-state index >= 15 is 0 Å². The van der Waals surface area contributed by atoms with Crippen molar-refractivity contribution >= 4 is 12.4 Å². The number of unbranched alkanes of at least 4 members (excludes halogenated alkanes) is 1. The van der Waals surface area contributed by atoms with E-state index in [1.165, 1.54) is 0 Å². The molecule has 13 heavy (non-hydrogen) atoms. The molecule has 0 aromatic carbocycles. The lowest BCUT2D eigenvalue weighted by Gasteiger charge is -2.03. The number of carboxylic acid groups (broad SMARTS) is 2. The van der Waals surface area contributed by atoms with Crippen LogP contribution in [0.3, 0.4) is 0 Å². The molecule has 6 heteroatoms. The number of carboxylic acids is 1. The van der Waals surface area contributed by atoms with E-state index in [1.807, 2.05) is 0 Å². The molecule has 1 atom stereocenters. The molecule has 0 aromatic heterocycles. The summed E-state index contributed by atoms with van der Waals surface area (Å²) >= 11 is 0. The summed E-state index contributed by atoms with van der Waals surface area (Å²) in [5.41, 5.74) is 10.4. The fourth-order valence-corrected chi connectivity index (χ4v) is 0.632. The lowest BCUT2D eigenvalue weighted by molar-refractivity contribution is -0.138. The van der Waals surface area contributed by atoms with Gasteiger partial charge in [-0.25, -0.2) is 0 Å². The normalized spacial score (nSPS) is 10.9. The van der Waals surface area contributed by atoms with E-state index in [1.54, 1.807) is 0 Å². The molecule has 0 saturated carbocycles. The molecule has 0 aliphatic carbocycles. The molecule has 0 aromatic rings. The van der Waals surface area contributed by atoms with Gasteiger partial charge >= 0.3 is 5.97 Å². The van der Waals surface area contributed by atoms with Gasteiger partial charge in [0.05, 0.1) is 0 Å². The van der Waals surface area contributed by atoms with Gasteiger partial charge in [-0.1, -0.05) is 6.42 Å². The van der Waals surface area contributed by atoms with E-state index < -0.39 is 12.0 Å². The van der Waals surface area contributed by atoms with Crippen molar-refractivity contribution in [3.8, 4) is 0 Å². The highest BCUT2D eigenvalue weighted by molar-refractivity contribution is 5.72. The quantitative estimate of drug-likeness (QED) is 0.334. The van der Waals surface area contributed by atoms with Crippen molar-refractivity contribution in [2.75, 3.05) is 6.54 Å². The Morgan fingerprint density at radius 3 is 2.23 bits per heavy atom. The van der Waals surface area contributed by atoms with Gasteiger partial charge in [0.1, 0.15) is 6.04 Å². The number of nitrogens with two attached hydrogens (primary N) is 2. The van der Waals surface area contributed by atoms with Crippen LogP contribution < -0.4 is 11.5 Å². The van der Waals surface area contributed by atoms with Gasteiger partial charge in [-0.2, -0.15) is 0 Å². The Morgan fingerprint density at radius 2 is 1.92 bits per heavy atom. The third-order valence-electron chi connectivity index (χ3n) is 1.29. The Morgan fingerprint density at radius 1 is 1.46 bits per heavy atom. The fraction of sp³-hybridized carbons (Fsp3) is 0.714. The van der Waals surface area contributed by atoms with Crippen LogP contribution >= 0.6 is 0 Å². The minimum absolute atomic E-state index is 0.250. The van der Waals surface area contributed by atoms with Gasteiger partial charge in [0.15, 0.2) is 0 Å². The van der Waals surface area contributed by atoms with Crippen molar-refractivity contribution in [1.29, 1.82) is 0 Å². The molecule has 0 amide bonds. The van der Waals surface area contributed by atoms with Crippen LogP contribution in [0.2, 0.25) is 0 Å². The fourth-order valence-electron chi connectivity index (χ4n) is 0.632. The summed E-state index contributed by atoms with van der Waals surface area (Å²) in [6, 6.07) is -0.716. The first-order valence-corrected chi connectivity index (χ1v) is 3.86. The molecule has 78 valence electrons. The zero-order chi connectivity index (χ0) is 10.7. The van der Waals surface area contributed by atoms with Crippen molar-refractivity contribution in [3.05, 3.63) is 0 Å². The Labute approximate surface area is 76.5 Å². The smallest absolute Gasteiger partial charge is 0.320 e. The van der Waals surface area contributed by atoms with E-state index in [0.717, 1.165) is 12.8 Å². The van der Waals surface area contributed by atoms with Gasteiger partial charge in [0.2, 0.25) is 0 Å². The predicted octanol–water partition coefficient (Wildman–Crippen LogP) is -0.772. The number of rotatable bonds is 5. The maximum absolute atomic E-state index is 10.1. The highest BCUT2D eigenvalue weighted by Crippen LogP contribution is 1.96. The second-order valence-corrected chi connectivity index (χ2v) is 2.33. The summed E-state index contributed by atoms with van der Waals surface area (Å²) in [6.07, 6.45) is 2.16. The summed E-state index contributed by atoms with van der Waals surface area (Å²) in [7, 11) is 0. The minimum atomic E-state index is -0.933. The predicted molar refractivity (Wildman–Crippen MR) is 47.2 cm³/mol. The molecule has 6 N–H and O–H groups in total. The molecule has 0 saturated heterocycles.